The van der Waals surface area contributed by atoms with Gasteiger partial charge in [-0.15, -0.1) is 0 Å². The minimum Gasteiger partial charge on any atom is -0.480 e. The number of nitrogens with zero attached hydrogens (tertiary/aromatic N) is 2. The number of amides is 2. The number of benzene rings is 1. The van der Waals surface area contributed by atoms with Crippen molar-refractivity contribution < 1.29 is 19.5 Å². The molecule has 2 aliphatic heterocycles. The minimum absolute atomic E-state index is 0.128. The number of piperidine rings is 1. The monoisotopic (exact) mass is 359 g/mol. The molecule has 2 fully saturated rings. The molecular weight excluding hydrogens is 334 g/mol. The molecule has 2 amide bonds. The quantitative estimate of drug-likeness (QED) is 0.847. The molecule has 0 radical (unpaired) electrons. The van der Waals surface area contributed by atoms with Crippen molar-refractivity contribution in [1.82, 2.24) is 10.2 Å². The van der Waals surface area contributed by atoms with Crippen molar-refractivity contribution in [2.45, 2.75) is 31.7 Å². The lowest BCUT2D eigenvalue weighted by Gasteiger charge is -2.37. The van der Waals surface area contributed by atoms with E-state index in [4.69, 9.17) is 0 Å². The van der Waals surface area contributed by atoms with Crippen molar-refractivity contribution in [3.63, 3.8) is 0 Å². The Hall–Kier alpha value is -2.57. The van der Waals surface area contributed by atoms with Gasteiger partial charge >= 0.3 is 5.97 Å². The Morgan fingerprint density at radius 2 is 1.88 bits per heavy atom. The molecule has 0 unspecified atom stereocenters. The molecule has 2 N–H and O–H groups in total. The number of likely N-dealkylation sites (tertiary alicyclic amines) is 1. The highest BCUT2D eigenvalue weighted by atomic mass is 16.4. The van der Waals surface area contributed by atoms with Gasteiger partial charge in [-0.25, -0.2) is 4.79 Å². The van der Waals surface area contributed by atoms with Gasteiger partial charge in [0, 0.05) is 37.9 Å². The van der Waals surface area contributed by atoms with E-state index in [0.717, 1.165) is 31.6 Å². The van der Waals surface area contributed by atoms with Crippen molar-refractivity contribution in [3.05, 3.63) is 29.8 Å². The normalized spacial score (nSPS) is 23.0. The summed E-state index contributed by atoms with van der Waals surface area (Å²) in [5, 5.41) is 12.1. The highest BCUT2D eigenvalue weighted by Gasteiger charge is 2.38. The van der Waals surface area contributed by atoms with Crippen LogP contribution in [-0.4, -0.2) is 60.5 Å². The summed E-state index contributed by atoms with van der Waals surface area (Å²) in [6.45, 7) is 2.07. The van der Waals surface area contributed by atoms with Gasteiger partial charge in [-0.2, -0.15) is 0 Å². The molecule has 0 aliphatic carbocycles. The van der Waals surface area contributed by atoms with Crippen LogP contribution in [0, 0.1) is 5.92 Å². The van der Waals surface area contributed by atoms with Gasteiger partial charge in [0.05, 0.1) is 5.92 Å². The Labute approximate surface area is 153 Å². The summed E-state index contributed by atoms with van der Waals surface area (Å²) in [4.78, 5) is 40.2. The fourth-order valence-electron chi connectivity index (χ4n) is 3.85. The van der Waals surface area contributed by atoms with Crippen LogP contribution in [0.1, 0.15) is 36.0 Å². The van der Waals surface area contributed by atoms with Gasteiger partial charge in [0.15, 0.2) is 0 Å². The van der Waals surface area contributed by atoms with E-state index in [1.54, 1.807) is 13.1 Å². The molecule has 2 aliphatic rings. The van der Waals surface area contributed by atoms with Gasteiger partial charge in [0.2, 0.25) is 5.91 Å². The Morgan fingerprint density at radius 3 is 2.54 bits per heavy atom. The van der Waals surface area contributed by atoms with E-state index in [0.29, 0.717) is 12.0 Å². The first-order valence-electron chi connectivity index (χ1n) is 9.11. The predicted molar refractivity (Wildman–Crippen MR) is 97.1 cm³/mol. The van der Waals surface area contributed by atoms with E-state index in [1.807, 2.05) is 18.2 Å². The summed E-state index contributed by atoms with van der Waals surface area (Å²) in [7, 11) is 1.55. The zero-order chi connectivity index (χ0) is 18.7. The number of hydrogen-bond donors (Lipinski definition) is 2. The van der Waals surface area contributed by atoms with Crippen LogP contribution in [0.3, 0.4) is 0 Å². The van der Waals surface area contributed by atoms with E-state index in [9.17, 15) is 19.5 Å². The fourth-order valence-corrected chi connectivity index (χ4v) is 3.85. The molecule has 7 heteroatoms. The molecule has 7 nitrogen and oxygen atoms in total. The summed E-state index contributed by atoms with van der Waals surface area (Å²) in [5.41, 5.74) is 1.46. The number of carbonyl (C=O) groups excluding carboxylic acids is 2. The third-order valence-electron chi connectivity index (χ3n) is 5.31. The van der Waals surface area contributed by atoms with Gasteiger partial charge in [0.1, 0.15) is 6.04 Å². The summed E-state index contributed by atoms with van der Waals surface area (Å²) in [5.74, 6) is -1.88. The Bertz CT molecular complexity index is 700. The maximum absolute atomic E-state index is 13.1. The van der Waals surface area contributed by atoms with Gasteiger partial charge in [-0.1, -0.05) is 6.07 Å². The van der Waals surface area contributed by atoms with Crippen molar-refractivity contribution in [2.75, 3.05) is 31.6 Å². The molecule has 1 aromatic carbocycles. The van der Waals surface area contributed by atoms with Crippen LogP contribution in [0.15, 0.2) is 24.3 Å². The largest absolute Gasteiger partial charge is 0.480 e. The number of aliphatic carboxylic acids is 1. The number of carboxylic acid groups (broad SMARTS) is 1. The smallest absolute Gasteiger partial charge is 0.326 e. The van der Waals surface area contributed by atoms with Crippen LogP contribution in [-0.2, 0) is 9.59 Å². The highest BCUT2D eigenvalue weighted by molar-refractivity contribution is 5.98. The fraction of sp³-hybridized carbons (Fsp3) is 0.526. The SMILES string of the molecule is CNC(=O)[C@H]1CC[C@@H](C(=O)O)N(C(=O)c2cccc(N3CCCC3)c2)C1. The van der Waals surface area contributed by atoms with Gasteiger partial charge in [-0.3, -0.25) is 9.59 Å². The summed E-state index contributed by atoms with van der Waals surface area (Å²) in [6.07, 6.45) is 3.03. The standard InChI is InChI=1S/C19H25N3O4/c1-20-17(23)14-7-8-16(19(25)26)22(12-14)18(24)13-5-4-6-15(11-13)21-9-2-3-10-21/h4-6,11,14,16H,2-3,7-10,12H2,1H3,(H,20,23)(H,25,26)/t14-,16-/m0/s1. The first-order chi connectivity index (χ1) is 12.5. The molecule has 0 aromatic heterocycles. The van der Waals surface area contributed by atoms with E-state index in [1.165, 1.54) is 4.90 Å². The molecule has 0 saturated carbocycles. The van der Waals surface area contributed by atoms with Crippen LogP contribution >= 0.6 is 0 Å². The van der Waals surface area contributed by atoms with Crippen LogP contribution in [0.25, 0.3) is 0 Å². The highest BCUT2D eigenvalue weighted by Crippen LogP contribution is 2.26. The maximum Gasteiger partial charge on any atom is 0.326 e. The second kappa shape index (κ2) is 7.76. The van der Waals surface area contributed by atoms with Crippen molar-refractivity contribution >= 4 is 23.5 Å². The number of carboxylic acids is 1. The van der Waals surface area contributed by atoms with Gasteiger partial charge in [0.25, 0.3) is 5.91 Å². The molecule has 0 bridgehead atoms. The number of carbonyl (C=O) groups is 3. The first-order valence-corrected chi connectivity index (χ1v) is 9.11. The van der Waals surface area contributed by atoms with Gasteiger partial charge < -0.3 is 20.2 Å². The maximum atomic E-state index is 13.1. The molecule has 0 spiro atoms. The van der Waals surface area contributed by atoms with E-state index >= 15 is 0 Å². The number of rotatable bonds is 4. The molecular formula is C19H25N3O4. The molecule has 26 heavy (non-hydrogen) atoms. The van der Waals surface area contributed by atoms with Gasteiger partial charge in [-0.05, 0) is 43.9 Å². The van der Waals surface area contributed by atoms with Crippen molar-refractivity contribution in [2.24, 2.45) is 5.92 Å². The van der Waals surface area contributed by atoms with Crippen LogP contribution in [0.2, 0.25) is 0 Å². The second-order valence-corrected chi connectivity index (χ2v) is 6.94. The molecule has 2 saturated heterocycles. The van der Waals surface area contributed by atoms with E-state index in [2.05, 4.69) is 10.2 Å². The summed E-state index contributed by atoms with van der Waals surface area (Å²) >= 11 is 0. The summed E-state index contributed by atoms with van der Waals surface area (Å²) < 4.78 is 0. The van der Waals surface area contributed by atoms with Crippen LogP contribution < -0.4 is 10.2 Å². The van der Waals surface area contributed by atoms with E-state index in [-0.39, 0.29) is 30.7 Å². The van der Waals surface area contributed by atoms with Crippen molar-refractivity contribution in [3.8, 4) is 0 Å². The molecule has 140 valence electrons. The average Bonchev–Trinajstić information content (AvgIpc) is 3.21. The Morgan fingerprint density at radius 1 is 1.15 bits per heavy atom. The molecule has 1 aromatic rings. The molecule has 2 atom stereocenters. The average molecular weight is 359 g/mol. The second-order valence-electron chi connectivity index (χ2n) is 6.94. The van der Waals surface area contributed by atoms with Crippen LogP contribution in [0.5, 0.6) is 0 Å². The third-order valence-corrected chi connectivity index (χ3v) is 5.31. The van der Waals surface area contributed by atoms with Crippen LogP contribution in [0.4, 0.5) is 5.69 Å². The number of anilines is 1. The number of hydrogen-bond acceptors (Lipinski definition) is 4. The molecule has 3 rings (SSSR count). The predicted octanol–water partition coefficient (Wildman–Crippen LogP) is 1.34. The minimum atomic E-state index is -1.02. The third kappa shape index (κ3) is 3.66. The zero-order valence-electron chi connectivity index (χ0n) is 15.0. The number of nitrogens with one attached hydrogen (secondary N) is 1. The lowest BCUT2D eigenvalue weighted by Crippen LogP contribution is -2.53. The molecule has 2 heterocycles. The summed E-state index contributed by atoms with van der Waals surface area (Å²) in [6, 6.07) is 6.45. The Balaban J connectivity index is 1.83. The lowest BCUT2D eigenvalue weighted by atomic mass is 9.91. The Kier molecular flexibility index (Phi) is 5.44. The van der Waals surface area contributed by atoms with Crippen molar-refractivity contribution in [1.29, 1.82) is 0 Å². The zero-order valence-corrected chi connectivity index (χ0v) is 15.0. The first kappa shape index (κ1) is 18.2. The lowest BCUT2D eigenvalue weighted by molar-refractivity contribution is -0.145. The van der Waals surface area contributed by atoms with E-state index < -0.39 is 12.0 Å². The topological polar surface area (TPSA) is 90.0 Å².